The minimum Gasteiger partial charge on any atom is -0.493 e. The summed E-state index contributed by atoms with van der Waals surface area (Å²) >= 11 is 0. The first kappa shape index (κ1) is 16.2. The number of rotatable bonds is 3. The molecule has 27 heavy (non-hydrogen) atoms. The third kappa shape index (κ3) is 2.81. The van der Waals surface area contributed by atoms with Crippen molar-refractivity contribution in [2.75, 3.05) is 19.7 Å². The van der Waals surface area contributed by atoms with Crippen LogP contribution in [0.1, 0.15) is 23.5 Å². The molecule has 3 heterocycles. The van der Waals surface area contributed by atoms with Gasteiger partial charge in [-0.15, -0.1) is 0 Å². The Kier molecular flexibility index (Phi) is 3.77. The monoisotopic (exact) mass is 364 g/mol. The van der Waals surface area contributed by atoms with E-state index in [0.717, 1.165) is 25.2 Å². The van der Waals surface area contributed by atoms with Gasteiger partial charge in [0.05, 0.1) is 12.1 Å². The van der Waals surface area contributed by atoms with Crippen LogP contribution >= 0.6 is 0 Å². The van der Waals surface area contributed by atoms with Crippen LogP contribution in [0, 0.1) is 0 Å². The van der Waals surface area contributed by atoms with Gasteiger partial charge in [0.25, 0.3) is 0 Å². The zero-order chi connectivity index (χ0) is 18.4. The average Bonchev–Trinajstić information content (AvgIpc) is 3.40. The maximum atomic E-state index is 12.8. The number of para-hydroxylation sites is 2. The summed E-state index contributed by atoms with van der Waals surface area (Å²) in [4.78, 5) is 26.7. The fourth-order valence-electron chi connectivity index (χ4n) is 4.12. The van der Waals surface area contributed by atoms with Crippen LogP contribution in [0.4, 0.5) is 0 Å². The molecule has 1 atom stereocenters. The molecule has 2 aliphatic rings. The summed E-state index contributed by atoms with van der Waals surface area (Å²) in [6.45, 7) is 2.16. The fourth-order valence-corrected chi connectivity index (χ4v) is 4.12. The minimum absolute atomic E-state index is 0.0145. The third-order valence-corrected chi connectivity index (χ3v) is 5.59. The van der Waals surface area contributed by atoms with Crippen LogP contribution in [0.3, 0.4) is 0 Å². The molecule has 1 fully saturated rings. The summed E-state index contributed by atoms with van der Waals surface area (Å²) in [5.74, 6) is 0.781. The maximum absolute atomic E-state index is 12.8. The van der Waals surface area contributed by atoms with Crippen molar-refractivity contribution in [2.24, 2.45) is 0 Å². The number of oxazole rings is 1. The quantitative estimate of drug-likeness (QED) is 0.716. The molecule has 0 bridgehead atoms. The van der Waals surface area contributed by atoms with E-state index in [2.05, 4.69) is 12.1 Å². The van der Waals surface area contributed by atoms with Crippen molar-refractivity contribution in [2.45, 2.75) is 25.3 Å². The summed E-state index contributed by atoms with van der Waals surface area (Å²) in [5.41, 5.74) is 3.69. The van der Waals surface area contributed by atoms with E-state index in [-0.39, 0.29) is 12.5 Å². The molecule has 5 rings (SSSR count). The van der Waals surface area contributed by atoms with Crippen LogP contribution in [-0.2, 0) is 17.8 Å². The molecule has 3 aromatic rings. The molecule has 0 saturated carbocycles. The predicted molar refractivity (Wildman–Crippen MR) is 100 cm³/mol. The number of amides is 1. The third-order valence-electron chi connectivity index (χ3n) is 5.59. The zero-order valence-electron chi connectivity index (χ0n) is 14.9. The van der Waals surface area contributed by atoms with Crippen molar-refractivity contribution in [3.8, 4) is 5.75 Å². The molecular weight excluding hydrogens is 344 g/mol. The van der Waals surface area contributed by atoms with Crippen molar-refractivity contribution in [3.05, 3.63) is 64.1 Å². The molecular formula is C21H20N2O4. The summed E-state index contributed by atoms with van der Waals surface area (Å²) < 4.78 is 12.2. The van der Waals surface area contributed by atoms with Gasteiger partial charge in [-0.3, -0.25) is 9.36 Å². The molecule has 1 amide bonds. The van der Waals surface area contributed by atoms with E-state index in [1.165, 1.54) is 15.7 Å². The van der Waals surface area contributed by atoms with Crippen molar-refractivity contribution < 1.29 is 13.9 Å². The molecule has 2 aliphatic heterocycles. The summed E-state index contributed by atoms with van der Waals surface area (Å²) in [6, 6.07) is 13.5. The number of carbonyl (C=O) groups excluding carboxylic acids is 1. The highest BCUT2D eigenvalue weighted by Crippen LogP contribution is 2.33. The van der Waals surface area contributed by atoms with Gasteiger partial charge in [0.15, 0.2) is 5.58 Å². The van der Waals surface area contributed by atoms with Gasteiger partial charge in [0.1, 0.15) is 12.3 Å². The molecule has 1 aromatic heterocycles. The number of hydrogen-bond acceptors (Lipinski definition) is 4. The molecule has 0 radical (unpaired) electrons. The van der Waals surface area contributed by atoms with E-state index in [1.54, 1.807) is 12.1 Å². The number of likely N-dealkylation sites (tertiary alicyclic amines) is 1. The Hall–Kier alpha value is -3.02. The second-order valence-electron chi connectivity index (χ2n) is 7.21. The van der Waals surface area contributed by atoms with Gasteiger partial charge in [-0.05, 0) is 35.7 Å². The van der Waals surface area contributed by atoms with Gasteiger partial charge in [-0.25, -0.2) is 4.79 Å². The summed E-state index contributed by atoms with van der Waals surface area (Å²) in [5, 5.41) is 0. The molecule has 6 heteroatoms. The fraction of sp³-hybridized carbons (Fsp3) is 0.333. The van der Waals surface area contributed by atoms with E-state index < -0.39 is 5.76 Å². The minimum atomic E-state index is -0.487. The van der Waals surface area contributed by atoms with Gasteiger partial charge in [0, 0.05) is 25.4 Å². The molecule has 0 spiro atoms. The largest absolute Gasteiger partial charge is 0.493 e. The average molecular weight is 364 g/mol. The maximum Gasteiger partial charge on any atom is 0.420 e. The van der Waals surface area contributed by atoms with Gasteiger partial charge < -0.3 is 14.1 Å². The lowest BCUT2D eigenvalue weighted by Gasteiger charge is -2.17. The molecule has 0 aliphatic carbocycles. The van der Waals surface area contributed by atoms with Crippen LogP contribution < -0.4 is 10.5 Å². The van der Waals surface area contributed by atoms with E-state index in [9.17, 15) is 9.59 Å². The first-order valence-electron chi connectivity index (χ1n) is 9.31. The van der Waals surface area contributed by atoms with Crippen molar-refractivity contribution in [3.63, 3.8) is 0 Å². The second-order valence-corrected chi connectivity index (χ2v) is 7.21. The molecule has 0 N–H and O–H groups in total. The van der Waals surface area contributed by atoms with Crippen LogP contribution in [0.2, 0.25) is 0 Å². The Morgan fingerprint density at radius 2 is 2.07 bits per heavy atom. The lowest BCUT2D eigenvalue weighted by Crippen LogP contribution is -2.34. The highest BCUT2D eigenvalue weighted by Gasteiger charge is 2.29. The molecule has 6 nitrogen and oxygen atoms in total. The van der Waals surface area contributed by atoms with Crippen LogP contribution in [0.25, 0.3) is 11.1 Å². The van der Waals surface area contributed by atoms with E-state index in [1.807, 2.05) is 23.1 Å². The number of aromatic nitrogens is 1. The first-order valence-corrected chi connectivity index (χ1v) is 9.31. The Balaban J connectivity index is 1.32. The highest BCUT2D eigenvalue weighted by atomic mass is 16.5. The molecule has 0 unspecified atom stereocenters. The predicted octanol–water partition coefficient (Wildman–Crippen LogP) is 2.55. The molecule has 2 aromatic carbocycles. The Bertz CT molecular complexity index is 1080. The summed E-state index contributed by atoms with van der Waals surface area (Å²) in [7, 11) is 0. The van der Waals surface area contributed by atoms with E-state index in [4.69, 9.17) is 9.15 Å². The zero-order valence-corrected chi connectivity index (χ0v) is 14.9. The second kappa shape index (κ2) is 6.30. The van der Waals surface area contributed by atoms with Crippen molar-refractivity contribution >= 4 is 17.0 Å². The van der Waals surface area contributed by atoms with Crippen molar-refractivity contribution in [1.82, 2.24) is 9.47 Å². The van der Waals surface area contributed by atoms with Gasteiger partial charge >= 0.3 is 5.76 Å². The van der Waals surface area contributed by atoms with Crippen LogP contribution in [0.5, 0.6) is 5.75 Å². The lowest BCUT2D eigenvalue weighted by atomic mass is 9.96. The first-order chi connectivity index (χ1) is 13.2. The van der Waals surface area contributed by atoms with Gasteiger partial charge in [-0.1, -0.05) is 24.3 Å². The number of ether oxygens (including phenoxy) is 1. The molecule has 1 saturated heterocycles. The molecule has 138 valence electrons. The highest BCUT2D eigenvalue weighted by molar-refractivity contribution is 5.80. The SMILES string of the molecule is O=C(Cn1c(=O)oc2ccccc21)N1CC[C@H](c2ccc3c(c2)CCO3)C1. The number of benzene rings is 2. The summed E-state index contributed by atoms with van der Waals surface area (Å²) in [6.07, 6.45) is 1.89. The van der Waals surface area contributed by atoms with Gasteiger partial charge in [-0.2, -0.15) is 0 Å². The van der Waals surface area contributed by atoms with Crippen LogP contribution in [-0.4, -0.2) is 35.1 Å². The van der Waals surface area contributed by atoms with Crippen molar-refractivity contribution in [1.29, 1.82) is 0 Å². The number of fused-ring (bicyclic) bond motifs is 2. The number of carbonyl (C=O) groups is 1. The number of hydrogen-bond donors (Lipinski definition) is 0. The lowest BCUT2D eigenvalue weighted by molar-refractivity contribution is -0.130. The van der Waals surface area contributed by atoms with E-state index in [0.29, 0.717) is 30.1 Å². The smallest absolute Gasteiger partial charge is 0.420 e. The van der Waals surface area contributed by atoms with Crippen LogP contribution in [0.15, 0.2) is 51.7 Å². The Morgan fingerprint density at radius 1 is 1.19 bits per heavy atom. The van der Waals surface area contributed by atoms with E-state index >= 15 is 0 Å². The number of nitrogens with zero attached hydrogens (tertiary/aromatic N) is 2. The van der Waals surface area contributed by atoms with Gasteiger partial charge in [0.2, 0.25) is 5.91 Å². The standard InChI is InChI=1S/C21H20N2O4/c24-20(13-23-17-3-1-2-4-19(17)27-21(23)25)22-9-7-16(12-22)14-5-6-18-15(11-14)8-10-26-18/h1-6,11,16H,7-10,12-13H2/t16-/m0/s1. The Labute approximate surface area is 155 Å². The topological polar surface area (TPSA) is 64.7 Å². The Morgan fingerprint density at radius 3 is 3.00 bits per heavy atom. The normalized spacial score (nSPS) is 18.7.